The highest BCUT2D eigenvalue weighted by Crippen LogP contribution is 2.62. The summed E-state index contributed by atoms with van der Waals surface area (Å²) < 4.78 is 37.4. The van der Waals surface area contributed by atoms with E-state index in [1.54, 1.807) is 0 Å². The monoisotopic (exact) mass is 288 g/mol. The summed E-state index contributed by atoms with van der Waals surface area (Å²) in [5.74, 6) is -1.29. The van der Waals surface area contributed by atoms with Crippen molar-refractivity contribution in [1.29, 1.82) is 0 Å². The van der Waals surface area contributed by atoms with Gasteiger partial charge in [-0.25, -0.2) is 8.78 Å². The van der Waals surface area contributed by atoms with Gasteiger partial charge in [-0.2, -0.15) is 0 Å². The van der Waals surface area contributed by atoms with E-state index in [4.69, 9.17) is 9.47 Å². The Bertz CT molecular complexity index is 350. The number of hydrogen-bond acceptors (Lipinski definition) is 2. The Morgan fingerprint density at radius 1 is 1.15 bits per heavy atom. The summed E-state index contributed by atoms with van der Waals surface area (Å²) in [5, 5.41) is 0. The summed E-state index contributed by atoms with van der Waals surface area (Å²) in [6.07, 6.45) is 6.95. The Hall–Kier alpha value is -0.220. The van der Waals surface area contributed by atoms with E-state index in [0.29, 0.717) is 18.4 Å². The maximum Gasteiger partial charge on any atom is 0.268 e. The summed E-state index contributed by atoms with van der Waals surface area (Å²) in [6, 6.07) is 0. The highest BCUT2D eigenvalue weighted by Gasteiger charge is 2.58. The van der Waals surface area contributed by atoms with E-state index in [1.165, 1.54) is 19.3 Å². The number of hydrogen-bond donors (Lipinski definition) is 0. The molecule has 0 saturated heterocycles. The second-order valence-corrected chi connectivity index (χ2v) is 7.64. The van der Waals surface area contributed by atoms with Crippen LogP contribution in [0.15, 0.2) is 0 Å². The lowest BCUT2D eigenvalue weighted by molar-refractivity contribution is -0.208. The van der Waals surface area contributed by atoms with Crippen LogP contribution in [0.25, 0.3) is 0 Å². The summed E-state index contributed by atoms with van der Waals surface area (Å²) in [6.45, 7) is 3.77. The molecule has 4 aliphatic rings. The first-order valence-corrected chi connectivity index (χ1v) is 7.93. The van der Waals surface area contributed by atoms with Crippen LogP contribution in [0.4, 0.5) is 8.78 Å². The topological polar surface area (TPSA) is 18.5 Å². The number of alkyl halides is 2. The van der Waals surface area contributed by atoms with E-state index in [2.05, 4.69) is 6.92 Å². The Balaban J connectivity index is 1.67. The Kier molecular flexibility index (Phi) is 3.61. The molecule has 0 N–H and O–H groups in total. The predicted octanol–water partition coefficient (Wildman–Crippen LogP) is 4.03. The van der Waals surface area contributed by atoms with Gasteiger partial charge in [0.05, 0.1) is 12.2 Å². The minimum Gasteiger partial charge on any atom is -0.375 e. The van der Waals surface area contributed by atoms with Gasteiger partial charge in [0.2, 0.25) is 0 Å². The molecule has 4 aliphatic carbocycles. The van der Waals surface area contributed by atoms with Crippen LogP contribution >= 0.6 is 0 Å². The molecule has 116 valence electrons. The van der Waals surface area contributed by atoms with Gasteiger partial charge in [-0.15, -0.1) is 0 Å². The SMILES string of the molecule is CCOC12CC3CC(CC(COCC(C)(F)F)(C3)C1)C2. The molecule has 0 radical (unpaired) electrons. The van der Waals surface area contributed by atoms with Crippen molar-refractivity contribution in [1.82, 2.24) is 0 Å². The molecule has 0 aromatic carbocycles. The molecule has 4 bridgehead atoms. The van der Waals surface area contributed by atoms with Gasteiger partial charge in [-0.3, -0.25) is 0 Å². The fourth-order valence-corrected chi connectivity index (χ4v) is 5.46. The summed E-state index contributed by atoms with van der Waals surface area (Å²) in [7, 11) is 0. The van der Waals surface area contributed by atoms with E-state index in [1.807, 2.05) is 0 Å². The van der Waals surface area contributed by atoms with Gasteiger partial charge in [-0.05, 0) is 62.7 Å². The minimum atomic E-state index is -2.72. The fraction of sp³-hybridized carbons (Fsp3) is 1.00. The third-order valence-electron chi connectivity index (χ3n) is 5.34. The maximum atomic E-state index is 12.9. The quantitative estimate of drug-likeness (QED) is 0.734. The van der Waals surface area contributed by atoms with Crippen molar-refractivity contribution >= 4 is 0 Å². The average Bonchev–Trinajstić information content (AvgIpc) is 2.24. The first-order valence-electron chi connectivity index (χ1n) is 7.93. The second kappa shape index (κ2) is 4.91. The largest absolute Gasteiger partial charge is 0.375 e. The molecule has 4 fully saturated rings. The molecule has 4 heteroatoms. The normalized spacial score (nSPS) is 43.2. The van der Waals surface area contributed by atoms with Crippen LogP contribution in [0.2, 0.25) is 0 Å². The number of halogens is 2. The van der Waals surface area contributed by atoms with Crippen molar-refractivity contribution in [2.24, 2.45) is 17.3 Å². The summed E-state index contributed by atoms with van der Waals surface area (Å²) in [5.41, 5.74) is 0.126. The first kappa shape index (κ1) is 14.7. The van der Waals surface area contributed by atoms with Crippen LogP contribution in [-0.4, -0.2) is 31.3 Å². The van der Waals surface area contributed by atoms with E-state index >= 15 is 0 Å². The zero-order valence-electron chi connectivity index (χ0n) is 12.6. The third-order valence-corrected chi connectivity index (χ3v) is 5.34. The van der Waals surface area contributed by atoms with Crippen LogP contribution in [0.3, 0.4) is 0 Å². The molecule has 2 unspecified atom stereocenters. The standard InChI is InChI=1S/C16H26F2O2/c1-3-20-16-7-12-4-13(8-16)6-15(5-12,9-16)11-19-10-14(2,17)18/h12-13H,3-11H2,1-2H3. The lowest BCUT2D eigenvalue weighted by Gasteiger charge is -2.61. The van der Waals surface area contributed by atoms with E-state index < -0.39 is 12.5 Å². The van der Waals surface area contributed by atoms with E-state index in [9.17, 15) is 8.78 Å². The molecule has 0 heterocycles. The van der Waals surface area contributed by atoms with E-state index in [-0.39, 0.29) is 11.0 Å². The first-order chi connectivity index (χ1) is 9.34. The van der Waals surface area contributed by atoms with Crippen LogP contribution < -0.4 is 0 Å². The highest BCUT2D eigenvalue weighted by atomic mass is 19.3. The van der Waals surface area contributed by atoms with Gasteiger partial charge in [0.1, 0.15) is 6.61 Å². The lowest BCUT2D eigenvalue weighted by atomic mass is 9.48. The van der Waals surface area contributed by atoms with Crippen molar-refractivity contribution in [2.75, 3.05) is 19.8 Å². The molecule has 20 heavy (non-hydrogen) atoms. The molecule has 4 saturated carbocycles. The van der Waals surface area contributed by atoms with Crippen molar-refractivity contribution in [3.8, 4) is 0 Å². The lowest BCUT2D eigenvalue weighted by Crippen LogP contribution is -2.58. The zero-order valence-corrected chi connectivity index (χ0v) is 12.6. The van der Waals surface area contributed by atoms with Gasteiger partial charge in [0, 0.05) is 13.5 Å². The fourth-order valence-electron chi connectivity index (χ4n) is 5.46. The smallest absolute Gasteiger partial charge is 0.268 e. The van der Waals surface area contributed by atoms with Crippen LogP contribution in [0.5, 0.6) is 0 Å². The average molecular weight is 288 g/mol. The van der Waals surface area contributed by atoms with Gasteiger partial charge < -0.3 is 9.47 Å². The van der Waals surface area contributed by atoms with Crippen LogP contribution in [0.1, 0.15) is 52.4 Å². The van der Waals surface area contributed by atoms with Gasteiger partial charge in [0.25, 0.3) is 5.92 Å². The van der Waals surface area contributed by atoms with E-state index in [0.717, 1.165) is 32.8 Å². The van der Waals surface area contributed by atoms with Gasteiger partial charge in [-0.1, -0.05) is 0 Å². The molecule has 0 amide bonds. The Morgan fingerprint density at radius 3 is 2.35 bits per heavy atom. The van der Waals surface area contributed by atoms with Crippen molar-refractivity contribution in [2.45, 2.75) is 63.9 Å². The molecule has 0 spiro atoms. The number of ether oxygens (including phenoxy) is 2. The second-order valence-electron chi connectivity index (χ2n) is 7.64. The molecule has 0 aromatic heterocycles. The van der Waals surface area contributed by atoms with Crippen molar-refractivity contribution in [3.05, 3.63) is 0 Å². The molecular formula is C16H26F2O2. The zero-order chi connectivity index (χ0) is 14.4. The van der Waals surface area contributed by atoms with Gasteiger partial charge in [0.15, 0.2) is 0 Å². The minimum absolute atomic E-state index is 0.0247. The molecule has 0 aromatic rings. The summed E-state index contributed by atoms with van der Waals surface area (Å²) >= 11 is 0. The van der Waals surface area contributed by atoms with Crippen LogP contribution in [-0.2, 0) is 9.47 Å². The molecule has 4 rings (SSSR count). The third kappa shape index (κ3) is 2.87. The van der Waals surface area contributed by atoms with Crippen molar-refractivity contribution < 1.29 is 18.3 Å². The Morgan fingerprint density at radius 2 is 1.80 bits per heavy atom. The molecule has 2 nitrogen and oxygen atoms in total. The highest BCUT2D eigenvalue weighted by molar-refractivity contribution is 5.09. The molecule has 2 atom stereocenters. The number of rotatable bonds is 6. The molecule has 0 aliphatic heterocycles. The molecular weight excluding hydrogens is 262 g/mol. The van der Waals surface area contributed by atoms with Crippen molar-refractivity contribution in [3.63, 3.8) is 0 Å². The van der Waals surface area contributed by atoms with Gasteiger partial charge >= 0.3 is 0 Å². The van der Waals surface area contributed by atoms with Crippen LogP contribution in [0, 0.1) is 17.3 Å². The maximum absolute atomic E-state index is 12.9. The Labute approximate surface area is 120 Å². The predicted molar refractivity (Wildman–Crippen MR) is 72.9 cm³/mol. The summed E-state index contributed by atoms with van der Waals surface area (Å²) in [4.78, 5) is 0.